The summed E-state index contributed by atoms with van der Waals surface area (Å²) >= 11 is 0. The molecule has 2 N–H and O–H groups in total. The maximum absolute atomic E-state index is 11.6. The first-order chi connectivity index (χ1) is 9.04. The predicted molar refractivity (Wildman–Crippen MR) is 73.3 cm³/mol. The van der Waals surface area contributed by atoms with Gasteiger partial charge in [0.1, 0.15) is 0 Å². The van der Waals surface area contributed by atoms with Crippen molar-refractivity contribution in [1.82, 2.24) is 15.5 Å². The maximum atomic E-state index is 11.6. The first kappa shape index (κ1) is 16.9. The van der Waals surface area contributed by atoms with Crippen molar-refractivity contribution in [2.24, 2.45) is 0 Å². The second-order valence-corrected chi connectivity index (χ2v) is 3.73. The van der Waals surface area contributed by atoms with Gasteiger partial charge in [-0.2, -0.15) is 0 Å². The summed E-state index contributed by atoms with van der Waals surface area (Å²) in [6.45, 7) is 9.94. The average Bonchev–Trinajstić information content (AvgIpc) is 2.44. The van der Waals surface area contributed by atoms with Crippen LogP contribution in [0.3, 0.4) is 0 Å². The molecule has 6 nitrogen and oxygen atoms in total. The number of carbonyl (C=O) groups is 3. The van der Waals surface area contributed by atoms with Crippen LogP contribution in [0.1, 0.15) is 13.3 Å². The third-order valence-corrected chi connectivity index (χ3v) is 2.38. The van der Waals surface area contributed by atoms with Crippen molar-refractivity contribution in [2.45, 2.75) is 13.3 Å². The molecule has 0 atom stereocenters. The molecule has 0 aliphatic carbocycles. The van der Waals surface area contributed by atoms with Gasteiger partial charge in [0.05, 0.1) is 0 Å². The summed E-state index contributed by atoms with van der Waals surface area (Å²) in [4.78, 5) is 35.1. The number of hydrogen-bond donors (Lipinski definition) is 2. The molecule has 0 aliphatic heterocycles. The van der Waals surface area contributed by atoms with Gasteiger partial charge >= 0.3 is 0 Å². The lowest BCUT2D eigenvalue weighted by molar-refractivity contribution is -0.127. The quantitative estimate of drug-likeness (QED) is 0.569. The third-order valence-electron chi connectivity index (χ3n) is 2.38. The molecule has 0 saturated carbocycles. The zero-order chi connectivity index (χ0) is 14.7. The molecule has 6 heteroatoms. The smallest absolute Gasteiger partial charge is 0.246 e. The van der Waals surface area contributed by atoms with E-state index in [1.807, 2.05) is 0 Å². The molecule has 0 unspecified atom stereocenters. The van der Waals surface area contributed by atoms with E-state index in [0.717, 1.165) is 0 Å². The SMILES string of the molecule is C=CC(=O)NCCN(CCNC(=O)CC)C(=O)C=C. The summed E-state index contributed by atoms with van der Waals surface area (Å²) in [5.74, 6) is -0.588. The minimum atomic E-state index is -0.287. The van der Waals surface area contributed by atoms with Gasteiger partial charge in [-0.05, 0) is 12.2 Å². The van der Waals surface area contributed by atoms with E-state index in [0.29, 0.717) is 32.6 Å². The van der Waals surface area contributed by atoms with Crippen LogP contribution in [0, 0.1) is 0 Å². The molecule has 0 aromatic heterocycles. The second-order valence-electron chi connectivity index (χ2n) is 3.73. The van der Waals surface area contributed by atoms with Crippen LogP contribution in [0.5, 0.6) is 0 Å². The first-order valence-corrected chi connectivity index (χ1v) is 6.13. The Morgan fingerprint density at radius 1 is 1.05 bits per heavy atom. The molecule has 0 spiro atoms. The zero-order valence-electron chi connectivity index (χ0n) is 11.3. The highest BCUT2D eigenvalue weighted by Gasteiger charge is 2.10. The van der Waals surface area contributed by atoms with Gasteiger partial charge in [0.15, 0.2) is 0 Å². The minimum Gasteiger partial charge on any atom is -0.354 e. The lowest BCUT2D eigenvalue weighted by Crippen LogP contribution is -2.41. The van der Waals surface area contributed by atoms with Gasteiger partial charge in [-0.15, -0.1) is 0 Å². The molecule has 0 aliphatic rings. The van der Waals surface area contributed by atoms with Crippen molar-refractivity contribution in [3.63, 3.8) is 0 Å². The second kappa shape index (κ2) is 9.87. The third kappa shape index (κ3) is 7.75. The monoisotopic (exact) mass is 267 g/mol. The van der Waals surface area contributed by atoms with Gasteiger partial charge in [0, 0.05) is 32.6 Å². The maximum Gasteiger partial charge on any atom is 0.246 e. The largest absolute Gasteiger partial charge is 0.354 e. The first-order valence-electron chi connectivity index (χ1n) is 6.13. The Hall–Kier alpha value is -2.11. The molecule has 0 aromatic carbocycles. The standard InChI is InChI=1S/C13H21N3O3/c1-4-11(17)14-7-9-16(13(19)6-3)10-8-15-12(18)5-2/h4,6H,1,3,5,7-10H2,2H3,(H,14,17)(H,15,18). The minimum absolute atomic E-state index is 0.0639. The lowest BCUT2D eigenvalue weighted by Gasteiger charge is -2.21. The average molecular weight is 267 g/mol. The van der Waals surface area contributed by atoms with Crippen LogP contribution in [-0.4, -0.2) is 48.8 Å². The van der Waals surface area contributed by atoms with E-state index in [1.54, 1.807) is 6.92 Å². The molecule has 0 fully saturated rings. The van der Waals surface area contributed by atoms with E-state index >= 15 is 0 Å². The Morgan fingerprint density at radius 2 is 1.63 bits per heavy atom. The number of carbonyl (C=O) groups excluding carboxylic acids is 3. The Bertz CT molecular complexity index is 353. The van der Waals surface area contributed by atoms with Crippen LogP contribution < -0.4 is 10.6 Å². The van der Waals surface area contributed by atoms with E-state index in [-0.39, 0.29) is 17.7 Å². The van der Waals surface area contributed by atoms with Crippen LogP contribution in [-0.2, 0) is 14.4 Å². The number of hydrogen-bond acceptors (Lipinski definition) is 3. The fourth-order valence-corrected chi connectivity index (χ4v) is 1.30. The number of amides is 3. The molecule has 3 amide bonds. The molecule has 0 rings (SSSR count). The zero-order valence-corrected chi connectivity index (χ0v) is 11.3. The highest BCUT2D eigenvalue weighted by molar-refractivity contribution is 5.88. The molecule has 0 heterocycles. The van der Waals surface area contributed by atoms with Crippen LogP contribution in [0.25, 0.3) is 0 Å². The summed E-state index contributed by atoms with van der Waals surface area (Å²) in [6.07, 6.45) is 2.78. The molecule has 106 valence electrons. The van der Waals surface area contributed by atoms with Gasteiger partial charge < -0.3 is 15.5 Å². The molecule has 0 bridgehead atoms. The summed E-state index contributed by atoms with van der Waals surface area (Å²) < 4.78 is 0. The van der Waals surface area contributed by atoms with Crippen molar-refractivity contribution < 1.29 is 14.4 Å². The Labute approximate surface area is 113 Å². The van der Waals surface area contributed by atoms with Gasteiger partial charge in [0.25, 0.3) is 0 Å². The number of nitrogens with one attached hydrogen (secondary N) is 2. The van der Waals surface area contributed by atoms with Crippen molar-refractivity contribution in [3.8, 4) is 0 Å². The van der Waals surface area contributed by atoms with Gasteiger partial charge in [0.2, 0.25) is 17.7 Å². The fourth-order valence-electron chi connectivity index (χ4n) is 1.30. The Morgan fingerprint density at radius 3 is 2.11 bits per heavy atom. The molecule has 0 aromatic rings. The lowest BCUT2D eigenvalue weighted by atomic mass is 10.4. The summed E-state index contributed by atoms with van der Waals surface area (Å²) in [6, 6.07) is 0. The van der Waals surface area contributed by atoms with E-state index in [2.05, 4.69) is 23.8 Å². The van der Waals surface area contributed by atoms with Crippen LogP contribution in [0.2, 0.25) is 0 Å². The topological polar surface area (TPSA) is 78.5 Å². The molecule has 19 heavy (non-hydrogen) atoms. The Kier molecular flexibility index (Phi) is 8.78. The number of rotatable bonds is 9. The van der Waals surface area contributed by atoms with Crippen molar-refractivity contribution in [1.29, 1.82) is 0 Å². The van der Waals surface area contributed by atoms with E-state index in [4.69, 9.17) is 0 Å². The fraction of sp³-hybridized carbons (Fsp3) is 0.462. The highest BCUT2D eigenvalue weighted by Crippen LogP contribution is 1.90. The predicted octanol–water partition coefficient (Wildman–Crippen LogP) is -0.171. The normalized spacial score (nSPS) is 9.32. The molecular weight excluding hydrogens is 246 g/mol. The summed E-state index contributed by atoms with van der Waals surface area (Å²) in [5.41, 5.74) is 0. The molecular formula is C13H21N3O3. The van der Waals surface area contributed by atoms with Crippen LogP contribution >= 0.6 is 0 Å². The van der Waals surface area contributed by atoms with Crippen molar-refractivity contribution in [2.75, 3.05) is 26.2 Å². The van der Waals surface area contributed by atoms with Crippen LogP contribution in [0.15, 0.2) is 25.3 Å². The highest BCUT2D eigenvalue weighted by atomic mass is 16.2. The van der Waals surface area contributed by atoms with E-state index < -0.39 is 0 Å². The van der Waals surface area contributed by atoms with Crippen molar-refractivity contribution in [3.05, 3.63) is 25.3 Å². The van der Waals surface area contributed by atoms with E-state index in [1.165, 1.54) is 17.1 Å². The summed E-state index contributed by atoms with van der Waals surface area (Å²) in [7, 11) is 0. The van der Waals surface area contributed by atoms with Crippen molar-refractivity contribution >= 4 is 17.7 Å². The van der Waals surface area contributed by atoms with Gasteiger partial charge in [-0.25, -0.2) is 0 Å². The number of nitrogens with zero attached hydrogens (tertiary/aromatic N) is 1. The Balaban J connectivity index is 4.12. The van der Waals surface area contributed by atoms with Gasteiger partial charge in [-0.1, -0.05) is 20.1 Å². The molecule has 0 radical (unpaired) electrons. The van der Waals surface area contributed by atoms with E-state index in [9.17, 15) is 14.4 Å². The molecule has 0 saturated heterocycles. The summed E-state index contributed by atoms with van der Waals surface area (Å²) in [5, 5.41) is 5.26. The van der Waals surface area contributed by atoms with Gasteiger partial charge in [-0.3, -0.25) is 14.4 Å². The van der Waals surface area contributed by atoms with Crippen LogP contribution in [0.4, 0.5) is 0 Å².